The molecule has 1 rings (SSSR count). The lowest BCUT2D eigenvalue weighted by Gasteiger charge is -2.16. The fourth-order valence-corrected chi connectivity index (χ4v) is 1.64. The number of aliphatic hydroxyl groups excluding tert-OH is 1. The molecule has 0 radical (unpaired) electrons. The number of likely N-dealkylation sites (N-methyl/N-ethyl adjacent to an activating group) is 1. The van der Waals surface area contributed by atoms with Crippen LogP contribution in [-0.4, -0.2) is 53.9 Å². The molecule has 19 heavy (non-hydrogen) atoms. The predicted octanol–water partition coefficient (Wildman–Crippen LogP) is 0.561. The molecule has 0 aliphatic heterocycles. The van der Waals surface area contributed by atoms with E-state index in [4.69, 9.17) is 10.2 Å². The van der Waals surface area contributed by atoms with Crippen LogP contribution in [0.1, 0.15) is 15.9 Å². The maximum absolute atomic E-state index is 11.5. The zero-order valence-corrected chi connectivity index (χ0v) is 10.8. The van der Waals surface area contributed by atoms with Gasteiger partial charge in [0.25, 0.3) is 0 Å². The minimum absolute atomic E-state index is 0.0915. The summed E-state index contributed by atoms with van der Waals surface area (Å²) in [5.74, 6) is -0.973. The molecular weight excluding hydrogens is 248 g/mol. The van der Waals surface area contributed by atoms with E-state index in [-0.39, 0.29) is 24.7 Å². The molecule has 0 saturated heterocycles. The molecule has 1 aromatic rings. The number of rotatable bonds is 6. The Hall–Kier alpha value is -2.08. The van der Waals surface area contributed by atoms with Gasteiger partial charge in [0.2, 0.25) is 0 Å². The average molecular weight is 266 g/mol. The summed E-state index contributed by atoms with van der Waals surface area (Å²) in [5.41, 5.74) is 0.931. The minimum Gasteiger partial charge on any atom is -0.478 e. The Morgan fingerprint density at radius 1 is 1.32 bits per heavy atom. The van der Waals surface area contributed by atoms with Gasteiger partial charge >= 0.3 is 12.0 Å². The van der Waals surface area contributed by atoms with E-state index in [9.17, 15) is 9.59 Å². The fraction of sp³-hybridized carbons (Fsp3) is 0.385. The summed E-state index contributed by atoms with van der Waals surface area (Å²) in [5, 5.41) is 20.4. The Morgan fingerprint density at radius 3 is 2.63 bits per heavy atom. The lowest BCUT2D eigenvalue weighted by Crippen LogP contribution is -2.39. The average Bonchev–Trinajstić information content (AvgIpc) is 2.39. The molecule has 6 nitrogen and oxygen atoms in total. The number of aromatic carboxylic acids is 1. The second-order valence-electron chi connectivity index (χ2n) is 4.09. The van der Waals surface area contributed by atoms with Crippen molar-refractivity contribution < 1.29 is 19.8 Å². The number of amides is 2. The van der Waals surface area contributed by atoms with Gasteiger partial charge in [-0.05, 0) is 18.1 Å². The number of carbonyl (C=O) groups excluding carboxylic acids is 1. The zero-order chi connectivity index (χ0) is 14.3. The first-order chi connectivity index (χ1) is 9.06. The quantitative estimate of drug-likeness (QED) is 0.702. The zero-order valence-electron chi connectivity index (χ0n) is 10.8. The number of carboxylic acid groups (broad SMARTS) is 1. The third-order valence-corrected chi connectivity index (χ3v) is 2.70. The van der Waals surface area contributed by atoms with Crippen molar-refractivity contribution in [1.29, 1.82) is 0 Å². The van der Waals surface area contributed by atoms with Gasteiger partial charge in [-0.15, -0.1) is 0 Å². The predicted molar refractivity (Wildman–Crippen MR) is 70.2 cm³/mol. The van der Waals surface area contributed by atoms with E-state index in [0.717, 1.165) is 0 Å². The maximum atomic E-state index is 11.5. The first-order valence-corrected chi connectivity index (χ1v) is 5.97. The topological polar surface area (TPSA) is 89.9 Å². The van der Waals surface area contributed by atoms with Crippen LogP contribution < -0.4 is 5.32 Å². The molecule has 1 aromatic carbocycles. The molecule has 0 heterocycles. The van der Waals surface area contributed by atoms with Crippen molar-refractivity contribution in [2.75, 3.05) is 26.7 Å². The SMILES string of the molecule is CN(CCO)C(=O)NCCc1ccccc1C(=O)O. The summed E-state index contributed by atoms with van der Waals surface area (Å²) in [6.07, 6.45) is 0.446. The van der Waals surface area contributed by atoms with E-state index in [2.05, 4.69) is 5.32 Å². The molecule has 0 fully saturated rings. The second kappa shape index (κ2) is 7.38. The van der Waals surface area contributed by atoms with Crippen molar-refractivity contribution >= 4 is 12.0 Å². The van der Waals surface area contributed by atoms with Crippen LogP contribution in [0.4, 0.5) is 4.79 Å². The highest BCUT2D eigenvalue weighted by atomic mass is 16.4. The van der Waals surface area contributed by atoms with Gasteiger partial charge in [0.05, 0.1) is 12.2 Å². The first-order valence-electron chi connectivity index (χ1n) is 5.97. The molecule has 0 bridgehead atoms. The lowest BCUT2D eigenvalue weighted by molar-refractivity contribution is 0.0695. The van der Waals surface area contributed by atoms with Gasteiger partial charge in [-0.2, -0.15) is 0 Å². The molecule has 0 atom stereocenters. The largest absolute Gasteiger partial charge is 0.478 e. The molecule has 3 N–H and O–H groups in total. The monoisotopic (exact) mass is 266 g/mol. The highest BCUT2D eigenvalue weighted by Crippen LogP contribution is 2.08. The van der Waals surface area contributed by atoms with Gasteiger partial charge in [0, 0.05) is 20.1 Å². The van der Waals surface area contributed by atoms with Crippen molar-refractivity contribution in [3.05, 3.63) is 35.4 Å². The van der Waals surface area contributed by atoms with Crippen LogP contribution in [0.15, 0.2) is 24.3 Å². The van der Waals surface area contributed by atoms with Crippen LogP contribution in [-0.2, 0) is 6.42 Å². The van der Waals surface area contributed by atoms with Gasteiger partial charge in [-0.1, -0.05) is 18.2 Å². The number of nitrogens with zero attached hydrogens (tertiary/aromatic N) is 1. The number of hydrogen-bond donors (Lipinski definition) is 3. The van der Waals surface area contributed by atoms with Gasteiger partial charge in [-0.3, -0.25) is 0 Å². The van der Waals surface area contributed by atoms with E-state index in [1.165, 1.54) is 11.0 Å². The number of hydrogen-bond acceptors (Lipinski definition) is 3. The van der Waals surface area contributed by atoms with Crippen LogP contribution in [0.2, 0.25) is 0 Å². The van der Waals surface area contributed by atoms with Crippen LogP contribution in [0.5, 0.6) is 0 Å². The Labute approximate surface area is 111 Å². The van der Waals surface area contributed by atoms with Crippen LogP contribution in [0, 0.1) is 0 Å². The first kappa shape index (κ1) is 15.0. The number of nitrogens with one attached hydrogen (secondary N) is 1. The van der Waals surface area contributed by atoms with Crippen molar-refractivity contribution in [2.24, 2.45) is 0 Å². The smallest absolute Gasteiger partial charge is 0.335 e. The molecule has 6 heteroatoms. The molecule has 0 aromatic heterocycles. The van der Waals surface area contributed by atoms with Crippen molar-refractivity contribution in [1.82, 2.24) is 10.2 Å². The Balaban J connectivity index is 2.50. The molecule has 0 saturated carbocycles. The van der Waals surface area contributed by atoms with E-state index < -0.39 is 5.97 Å². The van der Waals surface area contributed by atoms with Crippen LogP contribution in [0.3, 0.4) is 0 Å². The van der Waals surface area contributed by atoms with Gasteiger partial charge in [0.15, 0.2) is 0 Å². The molecule has 0 aliphatic carbocycles. The van der Waals surface area contributed by atoms with Gasteiger partial charge in [0.1, 0.15) is 0 Å². The third-order valence-electron chi connectivity index (χ3n) is 2.70. The molecule has 2 amide bonds. The number of aliphatic hydroxyl groups is 1. The standard InChI is InChI=1S/C13H18N2O4/c1-15(8-9-16)13(19)14-7-6-10-4-2-3-5-11(10)12(17)18/h2-5,16H,6-9H2,1H3,(H,14,19)(H,17,18). The van der Waals surface area contributed by atoms with Crippen molar-refractivity contribution in [2.45, 2.75) is 6.42 Å². The molecule has 0 spiro atoms. The summed E-state index contributed by atoms with van der Waals surface area (Å²) in [6, 6.07) is 6.41. The highest BCUT2D eigenvalue weighted by Gasteiger charge is 2.10. The summed E-state index contributed by atoms with van der Waals surface area (Å²) in [4.78, 5) is 23.9. The second-order valence-corrected chi connectivity index (χ2v) is 4.09. The number of benzene rings is 1. The van der Waals surface area contributed by atoms with Crippen molar-refractivity contribution in [3.63, 3.8) is 0 Å². The number of carbonyl (C=O) groups is 2. The molecule has 0 aliphatic rings. The lowest BCUT2D eigenvalue weighted by atomic mass is 10.0. The van der Waals surface area contributed by atoms with E-state index in [0.29, 0.717) is 18.5 Å². The Kier molecular flexibility index (Phi) is 5.81. The van der Waals surface area contributed by atoms with Crippen molar-refractivity contribution in [3.8, 4) is 0 Å². The normalized spacial score (nSPS) is 10.0. The Bertz CT molecular complexity index is 448. The number of carboxylic acids is 1. The third kappa shape index (κ3) is 4.59. The molecule has 104 valence electrons. The minimum atomic E-state index is -0.973. The fourth-order valence-electron chi connectivity index (χ4n) is 1.64. The summed E-state index contributed by atoms with van der Waals surface area (Å²) in [6.45, 7) is 0.516. The van der Waals surface area contributed by atoms with Gasteiger partial charge < -0.3 is 20.4 Å². The van der Waals surface area contributed by atoms with E-state index in [1.54, 1.807) is 25.2 Å². The summed E-state index contributed by atoms with van der Waals surface area (Å²) < 4.78 is 0. The number of urea groups is 1. The van der Waals surface area contributed by atoms with Gasteiger partial charge in [-0.25, -0.2) is 9.59 Å². The molecule has 0 unspecified atom stereocenters. The summed E-state index contributed by atoms with van der Waals surface area (Å²) in [7, 11) is 1.58. The molecular formula is C13H18N2O4. The van der Waals surface area contributed by atoms with E-state index >= 15 is 0 Å². The van der Waals surface area contributed by atoms with Crippen LogP contribution in [0.25, 0.3) is 0 Å². The Morgan fingerprint density at radius 2 is 2.00 bits per heavy atom. The van der Waals surface area contributed by atoms with E-state index in [1.807, 2.05) is 0 Å². The maximum Gasteiger partial charge on any atom is 0.335 e. The highest BCUT2D eigenvalue weighted by molar-refractivity contribution is 5.89. The summed E-state index contributed by atoms with van der Waals surface area (Å²) >= 11 is 0. The van der Waals surface area contributed by atoms with Crippen LogP contribution >= 0.6 is 0 Å².